The van der Waals surface area contributed by atoms with Gasteiger partial charge in [-0.2, -0.15) is 0 Å². The number of ether oxygens (including phenoxy) is 1. The number of carbonyl (C=O) groups is 1. The fourth-order valence-electron chi connectivity index (χ4n) is 1.51. The molecule has 6 heteroatoms. The molecule has 0 atom stereocenters. The van der Waals surface area contributed by atoms with Crippen molar-refractivity contribution in [1.82, 2.24) is 0 Å². The van der Waals surface area contributed by atoms with Crippen molar-refractivity contribution in [2.75, 3.05) is 26.4 Å². The summed E-state index contributed by atoms with van der Waals surface area (Å²) in [4.78, 5) is 11.3. The molecule has 0 N–H and O–H groups in total. The molecule has 5 nitrogen and oxygen atoms in total. The van der Waals surface area contributed by atoms with Crippen LogP contribution in [0.15, 0.2) is 12.2 Å². The van der Waals surface area contributed by atoms with Crippen LogP contribution in [0.1, 0.15) is 34.1 Å². The second-order valence-corrected chi connectivity index (χ2v) is 6.40. The fraction of sp³-hybridized carbons (Fsp3) is 0.769. The number of allylic oxidation sites excluding steroid dienone is 1. The molecule has 0 aliphatic heterocycles. The summed E-state index contributed by atoms with van der Waals surface area (Å²) in [5, 5.41) is 0. The SMILES string of the molecule is CCCOC(=O)C=CC[Si](OCC)(OCC)OCC. The maximum atomic E-state index is 11.3. The van der Waals surface area contributed by atoms with Gasteiger partial charge in [-0.05, 0) is 27.2 Å². The predicted molar refractivity (Wildman–Crippen MR) is 75.8 cm³/mol. The lowest BCUT2D eigenvalue weighted by molar-refractivity contribution is -0.137. The summed E-state index contributed by atoms with van der Waals surface area (Å²) >= 11 is 0. The third-order valence-corrected chi connectivity index (χ3v) is 5.08. The van der Waals surface area contributed by atoms with E-state index < -0.39 is 8.80 Å². The van der Waals surface area contributed by atoms with Gasteiger partial charge in [0.2, 0.25) is 0 Å². The lowest BCUT2D eigenvalue weighted by atomic mass is 10.5. The molecule has 112 valence electrons. The summed E-state index contributed by atoms with van der Waals surface area (Å²) in [5.74, 6) is -0.339. The molecule has 0 rings (SSSR count). The summed E-state index contributed by atoms with van der Waals surface area (Å²) in [6.07, 6.45) is 3.94. The lowest BCUT2D eigenvalue weighted by Crippen LogP contribution is -2.45. The van der Waals surface area contributed by atoms with E-state index in [-0.39, 0.29) is 5.97 Å². The van der Waals surface area contributed by atoms with Gasteiger partial charge in [0.25, 0.3) is 0 Å². The van der Waals surface area contributed by atoms with Gasteiger partial charge in [-0.25, -0.2) is 4.79 Å². The molecule has 0 heterocycles. The molecule has 0 fully saturated rings. The highest BCUT2D eigenvalue weighted by atomic mass is 28.4. The molecule has 0 bridgehead atoms. The van der Waals surface area contributed by atoms with Gasteiger partial charge in [0, 0.05) is 31.9 Å². The highest BCUT2D eigenvalue weighted by molar-refractivity contribution is 6.61. The quantitative estimate of drug-likeness (QED) is 0.332. The first-order valence-electron chi connectivity index (χ1n) is 6.89. The van der Waals surface area contributed by atoms with Crippen molar-refractivity contribution in [2.45, 2.75) is 40.2 Å². The van der Waals surface area contributed by atoms with Gasteiger partial charge in [0.15, 0.2) is 0 Å². The molecule has 0 spiro atoms. The molecule has 0 unspecified atom stereocenters. The van der Waals surface area contributed by atoms with Crippen LogP contribution in [-0.4, -0.2) is 41.2 Å². The molecule has 0 aliphatic rings. The summed E-state index contributed by atoms with van der Waals surface area (Å²) in [7, 11) is -2.69. The van der Waals surface area contributed by atoms with Crippen molar-refractivity contribution in [3.8, 4) is 0 Å². The number of carbonyl (C=O) groups excluding carboxylic acids is 1. The van der Waals surface area contributed by atoms with E-state index in [1.54, 1.807) is 6.08 Å². The summed E-state index contributed by atoms with van der Waals surface area (Å²) in [6, 6.07) is 0.476. The van der Waals surface area contributed by atoms with E-state index >= 15 is 0 Å². The fourth-order valence-corrected chi connectivity index (χ4v) is 3.84. The van der Waals surface area contributed by atoms with E-state index in [1.807, 2.05) is 27.7 Å². The Hall–Kier alpha value is -0.693. The van der Waals surface area contributed by atoms with Gasteiger partial charge in [-0.1, -0.05) is 13.0 Å². The van der Waals surface area contributed by atoms with Crippen LogP contribution in [0.25, 0.3) is 0 Å². The zero-order valence-electron chi connectivity index (χ0n) is 12.4. The zero-order chi connectivity index (χ0) is 14.6. The van der Waals surface area contributed by atoms with Gasteiger partial charge >= 0.3 is 14.8 Å². The minimum atomic E-state index is -2.69. The Morgan fingerprint density at radius 1 is 1.00 bits per heavy atom. The van der Waals surface area contributed by atoms with Crippen LogP contribution in [0, 0.1) is 0 Å². The molecule has 0 amide bonds. The number of hydrogen-bond donors (Lipinski definition) is 0. The highest BCUT2D eigenvalue weighted by Crippen LogP contribution is 2.16. The summed E-state index contributed by atoms with van der Waals surface area (Å²) in [5.41, 5.74) is 0. The Bertz CT molecular complexity index is 251. The van der Waals surface area contributed by atoms with E-state index in [9.17, 15) is 4.79 Å². The van der Waals surface area contributed by atoms with Crippen LogP contribution in [0.4, 0.5) is 0 Å². The maximum absolute atomic E-state index is 11.3. The molecular weight excluding hydrogens is 264 g/mol. The zero-order valence-corrected chi connectivity index (χ0v) is 13.4. The monoisotopic (exact) mass is 290 g/mol. The molecule has 0 aromatic heterocycles. The van der Waals surface area contributed by atoms with E-state index in [0.717, 1.165) is 6.42 Å². The molecule has 0 aromatic rings. The molecular formula is C13H26O5Si. The molecule has 0 saturated heterocycles. The minimum Gasteiger partial charge on any atom is -0.463 e. The van der Waals surface area contributed by atoms with Crippen LogP contribution in [-0.2, 0) is 22.8 Å². The van der Waals surface area contributed by atoms with E-state index in [2.05, 4.69) is 0 Å². The van der Waals surface area contributed by atoms with Crippen molar-refractivity contribution in [1.29, 1.82) is 0 Å². The van der Waals surface area contributed by atoms with Crippen molar-refractivity contribution in [3.05, 3.63) is 12.2 Å². The topological polar surface area (TPSA) is 54.0 Å². The van der Waals surface area contributed by atoms with Crippen LogP contribution in [0.5, 0.6) is 0 Å². The number of hydrogen-bond acceptors (Lipinski definition) is 5. The molecule has 0 aromatic carbocycles. The van der Waals surface area contributed by atoms with Crippen LogP contribution in [0.3, 0.4) is 0 Å². The van der Waals surface area contributed by atoms with Crippen molar-refractivity contribution >= 4 is 14.8 Å². The summed E-state index contributed by atoms with van der Waals surface area (Å²) < 4.78 is 21.9. The Labute approximate surface area is 117 Å². The highest BCUT2D eigenvalue weighted by Gasteiger charge is 2.38. The van der Waals surface area contributed by atoms with Crippen LogP contribution in [0.2, 0.25) is 6.04 Å². The average molecular weight is 290 g/mol. The van der Waals surface area contributed by atoms with Gasteiger partial charge in [-0.15, -0.1) is 0 Å². The van der Waals surface area contributed by atoms with Gasteiger partial charge in [0.05, 0.1) is 6.61 Å². The van der Waals surface area contributed by atoms with Crippen molar-refractivity contribution in [2.24, 2.45) is 0 Å². The van der Waals surface area contributed by atoms with Gasteiger partial charge in [-0.3, -0.25) is 0 Å². The normalized spacial score (nSPS) is 12.0. The molecule has 0 saturated carbocycles. The number of esters is 1. The Morgan fingerprint density at radius 3 is 1.95 bits per heavy atom. The van der Waals surface area contributed by atoms with Gasteiger partial charge in [0.1, 0.15) is 0 Å². The Morgan fingerprint density at radius 2 is 1.53 bits per heavy atom. The standard InChI is InChI=1S/C13H26O5Si/c1-5-11-15-13(14)10-9-12-19(16-6-2,17-7-3)18-8-4/h9-10H,5-8,11-12H2,1-4H3. The van der Waals surface area contributed by atoms with Gasteiger partial charge < -0.3 is 18.0 Å². The Kier molecular flexibility index (Phi) is 10.8. The van der Waals surface area contributed by atoms with E-state index in [1.165, 1.54) is 6.08 Å². The third-order valence-electron chi connectivity index (χ3n) is 2.16. The van der Waals surface area contributed by atoms with E-state index in [4.69, 9.17) is 18.0 Å². The second-order valence-electron chi connectivity index (χ2n) is 3.76. The first-order valence-corrected chi connectivity index (χ1v) is 8.82. The third kappa shape index (κ3) is 8.15. The van der Waals surface area contributed by atoms with Crippen molar-refractivity contribution < 1.29 is 22.8 Å². The lowest BCUT2D eigenvalue weighted by Gasteiger charge is -2.27. The smallest absolute Gasteiger partial charge is 0.463 e. The molecule has 0 radical (unpaired) electrons. The minimum absolute atomic E-state index is 0.339. The Balaban J connectivity index is 4.45. The van der Waals surface area contributed by atoms with Crippen molar-refractivity contribution in [3.63, 3.8) is 0 Å². The van der Waals surface area contributed by atoms with Crippen LogP contribution >= 0.6 is 0 Å². The summed E-state index contributed by atoms with van der Waals surface area (Å²) in [6.45, 7) is 9.68. The first-order chi connectivity index (χ1) is 9.14. The maximum Gasteiger partial charge on any atom is 0.504 e. The first kappa shape index (κ1) is 18.3. The molecule has 0 aliphatic carbocycles. The second kappa shape index (κ2) is 11.2. The largest absolute Gasteiger partial charge is 0.504 e. The average Bonchev–Trinajstić information content (AvgIpc) is 2.37. The van der Waals surface area contributed by atoms with Crippen LogP contribution < -0.4 is 0 Å². The molecule has 19 heavy (non-hydrogen) atoms. The predicted octanol–water partition coefficient (Wildman–Crippen LogP) is 2.54. The van der Waals surface area contributed by atoms with E-state index in [0.29, 0.717) is 32.5 Å². The number of rotatable bonds is 11.